The average molecular weight is 496 g/mol. The number of aromatic nitrogens is 3. The van der Waals surface area contributed by atoms with Gasteiger partial charge in [-0.15, -0.1) is 10.2 Å². The van der Waals surface area contributed by atoms with Crippen molar-refractivity contribution >= 4 is 66.5 Å². The number of halogens is 3. The summed E-state index contributed by atoms with van der Waals surface area (Å²) >= 11 is 3.33. The highest BCUT2D eigenvalue weighted by Gasteiger charge is 2.18. The number of thioether (sulfide) groups is 1. The third-order valence-corrected chi connectivity index (χ3v) is 7.22. The summed E-state index contributed by atoms with van der Waals surface area (Å²) in [6.45, 7) is 4.25. The summed E-state index contributed by atoms with van der Waals surface area (Å²) in [5, 5.41) is 14.4. The summed E-state index contributed by atoms with van der Waals surface area (Å²) in [6.07, 6.45) is 0. The first-order valence-electron chi connectivity index (χ1n) is 9.37. The summed E-state index contributed by atoms with van der Waals surface area (Å²) in [5.74, 6) is -4.22. The van der Waals surface area contributed by atoms with Gasteiger partial charge in [0.25, 0.3) is 0 Å². The fourth-order valence-corrected chi connectivity index (χ4v) is 5.18. The van der Waals surface area contributed by atoms with Crippen molar-refractivity contribution in [1.29, 1.82) is 0 Å². The number of hydrogen-bond donors (Lipinski definition) is 2. The number of nitrogens with zero attached hydrogens (tertiary/aromatic N) is 3. The number of carbonyl (C=O) groups excluding carboxylic acids is 1. The average Bonchev–Trinajstić information content (AvgIpc) is 3.37. The molecule has 12 heteroatoms. The van der Waals surface area contributed by atoms with Crippen LogP contribution in [0.2, 0.25) is 0 Å². The Balaban J connectivity index is 1.33. The van der Waals surface area contributed by atoms with Gasteiger partial charge < -0.3 is 10.6 Å². The Hall–Kier alpha value is -2.70. The van der Waals surface area contributed by atoms with Gasteiger partial charge >= 0.3 is 0 Å². The van der Waals surface area contributed by atoms with E-state index in [1.165, 1.54) is 28.7 Å². The quantitative estimate of drug-likeness (QED) is 0.236. The third-order valence-electron chi connectivity index (χ3n) is 4.33. The van der Waals surface area contributed by atoms with E-state index in [1.807, 2.05) is 24.3 Å². The van der Waals surface area contributed by atoms with Crippen LogP contribution in [0.25, 0.3) is 10.2 Å². The second-order valence-electron chi connectivity index (χ2n) is 6.96. The van der Waals surface area contributed by atoms with Crippen molar-refractivity contribution in [2.75, 3.05) is 16.4 Å². The van der Waals surface area contributed by atoms with Crippen molar-refractivity contribution in [3.8, 4) is 0 Å². The molecule has 2 aromatic carbocycles. The van der Waals surface area contributed by atoms with Crippen LogP contribution in [0.4, 0.5) is 29.1 Å². The lowest BCUT2D eigenvalue weighted by atomic mass is 10.0. The zero-order chi connectivity index (χ0) is 22.8. The SMILES string of the molecule is CC(C)c1ccc(Nc2nnc(SCC(=O)Nc3nc4c(F)c(F)c(F)cc4s3)s2)cc1. The van der Waals surface area contributed by atoms with E-state index in [1.54, 1.807) is 0 Å². The second-order valence-corrected chi connectivity index (χ2v) is 10.2. The Labute approximate surface area is 193 Å². The molecule has 6 nitrogen and oxygen atoms in total. The lowest BCUT2D eigenvalue weighted by Gasteiger charge is -2.06. The van der Waals surface area contributed by atoms with Gasteiger partial charge in [0, 0.05) is 5.69 Å². The van der Waals surface area contributed by atoms with Crippen molar-refractivity contribution in [3.63, 3.8) is 0 Å². The topological polar surface area (TPSA) is 79.8 Å². The molecule has 166 valence electrons. The molecule has 0 unspecified atom stereocenters. The third kappa shape index (κ3) is 5.03. The highest BCUT2D eigenvalue weighted by atomic mass is 32.2. The lowest BCUT2D eigenvalue weighted by molar-refractivity contribution is -0.113. The summed E-state index contributed by atoms with van der Waals surface area (Å²) in [4.78, 5) is 16.0. The maximum Gasteiger partial charge on any atom is 0.236 e. The Bertz CT molecular complexity index is 1270. The molecule has 2 aromatic heterocycles. The Kier molecular flexibility index (Phi) is 6.63. The first-order valence-corrected chi connectivity index (χ1v) is 12.0. The van der Waals surface area contributed by atoms with Gasteiger partial charge in [0.2, 0.25) is 11.0 Å². The monoisotopic (exact) mass is 495 g/mol. The fraction of sp³-hybridized carbons (Fsp3) is 0.200. The second kappa shape index (κ2) is 9.43. The number of carbonyl (C=O) groups is 1. The number of hydrogen-bond acceptors (Lipinski definition) is 8. The van der Waals surface area contributed by atoms with Crippen molar-refractivity contribution < 1.29 is 18.0 Å². The first kappa shape index (κ1) is 22.5. The van der Waals surface area contributed by atoms with Gasteiger partial charge in [-0.25, -0.2) is 18.2 Å². The Morgan fingerprint density at radius 2 is 1.81 bits per heavy atom. The molecular formula is C20H16F3N5OS3. The summed E-state index contributed by atoms with van der Waals surface area (Å²) in [6, 6.07) is 8.88. The van der Waals surface area contributed by atoms with Crippen LogP contribution in [-0.4, -0.2) is 26.8 Å². The van der Waals surface area contributed by atoms with Gasteiger partial charge in [-0.3, -0.25) is 4.79 Å². The number of amides is 1. The molecule has 0 aliphatic rings. The van der Waals surface area contributed by atoms with Crippen LogP contribution >= 0.6 is 34.4 Å². The van der Waals surface area contributed by atoms with Crippen LogP contribution in [0, 0.1) is 17.5 Å². The van der Waals surface area contributed by atoms with Crippen LogP contribution in [-0.2, 0) is 4.79 Å². The first-order chi connectivity index (χ1) is 15.3. The lowest BCUT2D eigenvalue weighted by Crippen LogP contribution is -2.13. The summed E-state index contributed by atoms with van der Waals surface area (Å²) in [5.41, 5.74) is 1.80. The molecule has 0 fully saturated rings. The number of fused-ring (bicyclic) bond motifs is 1. The van der Waals surface area contributed by atoms with E-state index in [2.05, 4.69) is 39.7 Å². The summed E-state index contributed by atoms with van der Waals surface area (Å²) < 4.78 is 41.1. The van der Waals surface area contributed by atoms with E-state index in [0.717, 1.165) is 23.1 Å². The molecule has 0 atom stereocenters. The zero-order valence-electron chi connectivity index (χ0n) is 16.8. The maximum atomic E-state index is 13.8. The molecule has 0 aliphatic heterocycles. The molecule has 0 aliphatic carbocycles. The fourth-order valence-electron chi connectivity index (χ4n) is 2.70. The molecular weight excluding hydrogens is 479 g/mol. The van der Waals surface area contributed by atoms with Gasteiger partial charge in [0.1, 0.15) is 5.52 Å². The standard InChI is InChI=1S/C20H16F3N5OS3/c1-9(2)10-3-5-11(6-4-10)24-19-27-28-20(32-19)30-8-14(29)25-18-26-17-13(31-18)7-12(21)15(22)16(17)23/h3-7,9H,8H2,1-2H3,(H,24,27)(H,25,26,29). The van der Waals surface area contributed by atoms with Crippen LogP contribution in [0.5, 0.6) is 0 Å². The molecule has 1 amide bonds. The molecule has 2 N–H and O–H groups in total. The number of rotatable bonds is 7. The predicted octanol–water partition coefficient (Wildman–Crippen LogP) is 6.16. The molecule has 4 rings (SSSR count). The normalized spacial score (nSPS) is 11.3. The van der Waals surface area contributed by atoms with Gasteiger partial charge in [-0.05, 0) is 29.7 Å². The van der Waals surface area contributed by atoms with Gasteiger partial charge in [0.15, 0.2) is 26.9 Å². The van der Waals surface area contributed by atoms with E-state index in [0.29, 0.717) is 15.4 Å². The molecule has 0 bridgehead atoms. The highest BCUT2D eigenvalue weighted by molar-refractivity contribution is 8.01. The van der Waals surface area contributed by atoms with E-state index in [9.17, 15) is 18.0 Å². The minimum Gasteiger partial charge on any atom is -0.330 e. The predicted molar refractivity (Wildman–Crippen MR) is 123 cm³/mol. The van der Waals surface area contributed by atoms with Crippen molar-refractivity contribution in [3.05, 3.63) is 53.3 Å². The van der Waals surface area contributed by atoms with Crippen molar-refractivity contribution in [2.45, 2.75) is 24.1 Å². The highest BCUT2D eigenvalue weighted by Crippen LogP contribution is 2.31. The van der Waals surface area contributed by atoms with Gasteiger partial charge in [-0.2, -0.15) is 0 Å². The van der Waals surface area contributed by atoms with Crippen LogP contribution in [0.3, 0.4) is 0 Å². The Morgan fingerprint density at radius 1 is 1.06 bits per heavy atom. The van der Waals surface area contributed by atoms with Crippen molar-refractivity contribution in [2.24, 2.45) is 0 Å². The molecule has 0 saturated heterocycles. The molecule has 2 heterocycles. The number of benzene rings is 2. The maximum absolute atomic E-state index is 13.8. The number of thiazole rings is 1. The molecule has 0 spiro atoms. The minimum atomic E-state index is -1.59. The number of nitrogens with one attached hydrogen (secondary N) is 2. The minimum absolute atomic E-state index is 0.0127. The summed E-state index contributed by atoms with van der Waals surface area (Å²) in [7, 11) is 0. The Morgan fingerprint density at radius 3 is 2.53 bits per heavy atom. The van der Waals surface area contributed by atoms with Crippen LogP contribution < -0.4 is 10.6 Å². The van der Waals surface area contributed by atoms with E-state index >= 15 is 0 Å². The molecule has 32 heavy (non-hydrogen) atoms. The largest absolute Gasteiger partial charge is 0.330 e. The zero-order valence-corrected chi connectivity index (χ0v) is 19.2. The van der Waals surface area contributed by atoms with E-state index in [4.69, 9.17) is 0 Å². The van der Waals surface area contributed by atoms with Crippen molar-refractivity contribution in [1.82, 2.24) is 15.2 Å². The van der Waals surface area contributed by atoms with E-state index < -0.39 is 23.4 Å². The van der Waals surface area contributed by atoms with Crippen LogP contribution in [0.15, 0.2) is 34.7 Å². The number of anilines is 3. The van der Waals surface area contributed by atoms with E-state index in [-0.39, 0.29) is 21.1 Å². The molecule has 4 aromatic rings. The van der Waals surface area contributed by atoms with Gasteiger partial charge in [-0.1, -0.05) is 60.4 Å². The smallest absolute Gasteiger partial charge is 0.236 e. The molecule has 0 saturated carbocycles. The van der Waals surface area contributed by atoms with Crippen LogP contribution in [0.1, 0.15) is 25.3 Å². The molecule has 0 radical (unpaired) electrons. The van der Waals surface area contributed by atoms with Gasteiger partial charge in [0.05, 0.1) is 10.5 Å².